The molecule has 3 rings (SSSR count). The maximum absolute atomic E-state index is 14.1. The molecule has 0 aromatic heterocycles. The monoisotopic (exact) mass is 1270 g/mol. The van der Waals surface area contributed by atoms with E-state index >= 15 is 0 Å². The second-order valence-electron chi connectivity index (χ2n) is 32.7. The summed E-state index contributed by atoms with van der Waals surface area (Å²) < 4.78 is 24.9. The first-order valence-electron chi connectivity index (χ1n) is 35.0. The summed E-state index contributed by atoms with van der Waals surface area (Å²) in [5.41, 5.74) is 3.98. The van der Waals surface area contributed by atoms with Gasteiger partial charge in [-0.05, 0) is 120 Å². The van der Waals surface area contributed by atoms with Crippen LogP contribution in [0.1, 0.15) is 336 Å². The van der Waals surface area contributed by atoms with Crippen molar-refractivity contribution in [1.82, 2.24) is 0 Å². The Morgan fingerprint density at radius 3 is 0.733 bits per heavy atom. The number of esters is 3. The molecule has 0 aliphatic rings. The summed E-state index contributed by atoms with van der Waals surface area (Å²) in [6, 6.07) is 11.8. The molecule has 0 fully saturated rings. The van der Waals surface area contributed by atoms with Gasteiger partial charge < -0.3 is 34.3 Å². The zero-order valence-corrected chi connectivity index (χ0v) is 61.3. The maximum Gasteiger partial charge on any atom is 0.306 e. The summed E-state index contributed by atoms with van der Waals surface area (Å²) in [5.74, 6) is -0.713. The first kappa shape index (κ1) is 79.6. The van der Waals surface area contributed by atoms with Crippen LogP contribution in [0.5, 0.6) is 17.2 Å². The molecular formula is C79H128O10S. The first-order valence-corrected chi connectivity index (χ1v) is 35.4. The third kappa shape index (κ3) is 28.7. The van der Waals surface area contributed by atoms with E-state index in [4.69, 9.17) is 31.2 Å². The van der Waals surface area contributed by atoms with E-state index in [0.29, 0.717) is 30.7 Å². The number of ether oxygens (including phenoxy) is 4. The summed E-state index contributed by atoms with van der Waals surface area (Å²) in [4.78, 5) is 42.2. The van der Waals surface area contributed by atoms with Crippen LogP contribution in [0.2, 0.25) is 0 Å². The molecule has 10 nitrogen and oxygen atoms in total. The van der Waals surface area contributed by atoms with E-state index in [9.17, 15) is 29.7 Å². The van der Waals surface area contributed by atoms with Crippen molar-refractivity contribution in [3.63, 3.8) is 0 Å². The second kappa shape index (κ2) is 36.7. The highest BCUT2D eigenvalue weighted by molar-refractivity contribution is 7.80. The average Bonchev–Trinajstić information content (AvgIpc) is 0.808. The van der Waals surface area contributed by atoms with E-state index in [2.05, 4.69) is 132 Å². The summed E-state index contributed by atoms with van der Waals surface area (Å²) in [6.07, 6.45) is 27.5. The molecule has 0 aliphatic carbocycles. The topological polar surface area (TPSA) is 149 Å². The Morgan fingerprint density at radius 2 is 0.522 bits per heavy atom. The molecule has 0 bridgehead atoms. The number of thiocarbonyl (C=S) groups is 1. The normalized spacial score (nSPS) is 12.7. The van der Waals surface area contributed by atoms with Gasteiger partial charge in [-0.25, -0.2) is 0 Å². The summed E-state index contributed by atoms with van der Waals surface area (Å²) >= 11 is 5.89. The number of benzene rings is 3. The van der Waals surface area contributed by atoms with E-state index in [-0.39, 0.29) is 95.4 Å². The molecule has 0 radical (unpaired) electrons. The Bertz CT molecular complexity index is 2340. The molecule has 0 saturated carbocycles. The van der Waals surface area contributed by atoms with E-state index in [0.717, 1.165) is 69.3 Å². The van der Waals surface area contributed by atoms with Gasteiger partial charge in [-0.15, -0.1) is 0 Å². The smallest absolute Gasteiger partial charge is 0.306 e. The third-order valence-corrected chi connectivity index (χ3v) is 17.9. The van der Waals surface area contributed by atoms with E-state index < -0.39 is 23.3 Å². The van der Waals surface area contributed by atoms with Gasteiger partial charge >= 0.3 is 17.9 Å². The third-order valence-electron chi connectivity index (χ3n) is 17.6. The molecule has 510 valence electrons. The average molecular weight is 1270 g/mol. The Labute approximate surface area is 553 Å². The zero-order valence-electron chi connectivity index (χ0n) is 60.5. The van der Waals surface area contributed by atoms with Gasteiger partial charge in [0.05, 0.1) is 0 Å². The molecule has 90 heavy (non-hydrogen) atoms. The largest absolute Gasteiger partial charge is 0.507 e. The molecule has 3 aromatic carbocycles. The van der Waals surface area contributed by atoms with Crippen molar-refractivity contribution in [3.05, 3.63) is 86.5 Å². The fraction of sp³-hybridized carbons (Fsp3) is 0.722. The summed E-state index contributed by atoms with van der Waals surface area (Å²) in [5, 5.41) is 34.7. The Kier molecular flexibility index (Phi) is 32.5. The highest BCUT2D eigenvalue weighted by Gasteiger charge is 2.38. The predicted molar refractivity (Wildman–Crippen MR) is 378 cm³/mol. The molecule has 0 spiro atoms. The van der Waals surface area contributed by atoms with Crippen LogP contribution in [0.4, 0.5) is 0 Å². The van der Waals surface area contributed by atoms with Crippen molar-refractivity contribution < 1.29 is 48.7 Å². The lowest BCUT2D eigenvalue weighted by Gasteiger charge is -2.32. The number of phenolic OH excluding ortho intramolecular Hbond substituents is 3. The van der Waals surface area contributed by atoms with Crippen molar-refractivity contribution in [2.45, 2.75) is 337 Å². The number of unbranched alkanes of at least 4 members (excludes halogenated alkanes) is 19. The molecule has 3 aromatic rings. The van der Waals surface area contributed by atoms with Crippen molar-refractivity contribution in [2.75, 3.05) is 26.4 Å². The predicted octanol–water partition coefficient (Wildman–Crippen LogP) is 21.0. The number of carbonyl (C=O) groups excluding carboxylic acids is 3. The Balaban J connectivity index is 1.85. The summed E-state index contributed by atoms with van der Waals surface area (Å²) in [6.45, 7) is 38.2. The highest BCUT2D eigenvalue weighted by Crippen LogP contribution is 2.43. The van der Waals surface area contributed by atoms with Crippen LogP contribution >= 0.6 is 12.2 Å². The SMILES string of the molecule is CCCCCCCCCCCCCCCCCCCCCCC(=S)OCC(COC(=O)CCc1cc(C(C)(C)C)c(O)c(C(C)(C)C)c1)(COC(=O)CCc1cc(C(C)(C)C)c(O)c(C(C)(C)C)c1)COC(=O)CCc1cc(C(C)(C)C)c(O)c(C(C)(C)C)c1. The van der Waals surface area contributed by atoms with Gasteiger partial charge in [0.25, 0.3) is 0 Å². The van der Waals surface area contributed by atoms with Gasteiger partial charge in [0.1, 0.15) is 49.1 Å². The lowest BCUT2D eigenvalue weighted by Crippen LogP contribution is -2.44. The number of phenols is 3. The van der Waals surface area contributed by atoms with Crippen molar-refractivity contribution in [3.8, 4) is 17.2 Å². The fourth-order valence-corrected chi connectivity index (χ4v) is 11.9. The van der Waals surface area contributed by atoms with Crippen LogP contribution in [0.15, 0.2) is 36.4 Å². The number of hydrogen-bond acceptors (Lipinski definition) is 11. The standard InChI is InChI=1S/C79H128O10S/c1-20-21-22-23-24-25-26-27-28-29-30-31-32-33-34-35-36-37-38-39-40-69(90)89-56-79(53-86-66(80)44-41-57-47-60(73(2,3)4)70(83)61(48-57)74(5,6)7,54-87-67(81)45-42-58-49-62(75(8,9)10)71(84)63(50-58)76(11,12)13)55-88-68(82)46-43-59-51-64(77(14,15)16)72(85)65(52-59)78(17,18)19/h47-52,83-85H,20-46,53-56H2,1-19H3. The number of rotatable bonds is 38. The molecule has 0 unspecified atom stereocenters. The highest BCUT2D eigenvalue weighted by atomic mass is 32.1. The summed E-state index contributed by atoms with van der Waals surface area (Å²) in [7, 11) is 0. The number of carbonyl (C=O) groups is 3. The van der Waals surface area contributed by atoms with Gasteiger partial charge in [0.2, 0.25) is 0 Å². The molecule has 0 aliphatic heterocycles. The minimum Gasteiger partial charge on any atom is -0.507 e. The van der Waals surface area contributed by atoms with Crippen LogP contribution < -0.4 is 0 Å². The molecule has 0 atom stereocenters. The van der Waals surface area contributed by atoms with Crippen LogP contribution in [0.25, 0.3) is 0 Å². The molecule has 3 N–H and O–H groups in total. The first-order chi connectivity index (χ1) is 41.8. The molecule has 0 amide bonds. The molecular weight excluding hydrogens is 1140 g/mol. The Hall–Kier alpha value is -4.64. The molecule has 11 heteroatoms. The van der Waals surface area contributed by atoms with E-state index in [1.807, 2.05) is 36.4 Å². The van der Waals surface area contributed by atoms with Gasteiger partial charge in [0.15, 0.2) is 5.05 Å². The minimum absolute atomic E-state index is 0.0196. The quantitative estimate of drug-likeness (QED) is 0.0218. The molecule has 0 saturated heterocycles. The van der Waals surface area contributed by atoms with Gasteiger partial charge in [0, 0.05) is 25.7 Å². The fourth-order valence-electron chi connectivity index (χ4n) is 11.7. The van der Waals surface area contributed by atoms with Crippen LogP contribution in [-0.4, -0.2) is 64.7 Å². The lowest BCUT2D eigenvalue weighted by atomic mass is 9.78. The van der Waals surface area contributed by atoms with Crippen LogP contribution in [0, 0.1) is 5.41 Å². The Morgan fingerprint density at radius 1 is 0.322 bits per heavy atom. The van der Waals surface area contributed by atoms with Crippen LogP contribution in [-0.2, 0) is 85.1 Å². The number of hydrogen-bond donors (Lipinski definition) is 3. The van der Waals surface area contributed by atoms with Gasteiger partial charge in [-0.1, -0.05) is 290 Å². The van der Waals surface area contributed by atoms with Crippen molar-refractivity contribution in [1.29, 1.82) is 0 Å². The minimum atomic E-state index is -1.36. The van der Waals surface area contributed by atoms with Crippen molar-refractivity contribution in [2.24, 2.45) is 5.41 Å². The van der Waals surface area contributed by atoms with E-state index in [1.54, 1.807) is 0 Å². The maximum atomic E-state index is 14.1. The van der Waals surface area contributed by atoms with Crippen LogP contribution in [0.3, 0.4) is 0 Å². The van der Waals surface area contributed by atoms with Gasteiger partial charge in [-0.3, -0.25) is 14.4 Å². The lowest BCUT2D eigenvalue weighted by molar-refractivity contribution is -0.164. The van der Waals surface area contributed by atoms with Crippen molar-refractivity contribution >= 4 is 35.2 Å². The van der Waals surface area contributed by atoms with E-state index in [1.165, 1.54) is 109 Å². The number of aromatic hydroxyl groups is 3. The zero-order chi connectivity index (χ0) is 67.7. The molecule has 0 heterocycles. The second-order valence-corrected chi connectivity index (χ2v) is 33.2. The van der Waals surface area contributed by atoms with Gasteiger partial charge in [-0.2, -0.15) is 0 Å². The number of aryl methyl sites for hydroxylation is 3.